The monoisotopic (exact) mass is 246 g/mol. The van der Waals surface area contributed by atoms with Crippen LogP contribution in [-0.2, 0) is 0 Å². The van der Waals surface area contributed by atoms with Crippen molar-refractivity contribution in [2.45, 2.75) is 39.2 Å². The maximum absolute atomic E-state index is 8.43. The summed E-state index contributed by atoms with van der Waals surface area (Å²) in [6, 6.07) is 10.2. The molecule has 1 unspecified atom stereocenters. The number of hydrogen-bond acceptors (Lipinski definition) is 3. The van der Waals surface area contributed by atoms with E-state index in [1.165, 1.54) is 24.8 Å². The van der Waals surface area contributed by atoms with Crippen molar-refractivity contribution in [1.82, 2.24) is 5.32 Å². The molecule has 0 spiro atoms. The molecule has 0 aliphatic carbocycles. The average Bonchev–Trinajstić information content (AvgIpc) is 2.41. The fourth-order valence-electron chi connectivity index (χ4n) is 1.78. The van der Waals surface area contributed by atoms with Gasteiger partial charge >= 0.3 is 0 Å². The molecule has 3 nitrogen and oxygen atoms in total. The van der Waals surface area contributed by atoms with E-state index in [0.29, 0.717) is 6.04 Å². The molecule has 0 radical (unpaired) electrons. The van der Waals surface area contributed by atoms with E-state index in [1.807, 2.05) is 30.3 Å². The molecule has 0 aliphatic heterocycles. The number of unbranched alkanes of at least 4 members (excludes halogenated alkanes) is 2. The van der Waals surface area contributed by atoms with Gasteiger partial charge in [-0.3, -0.25) is 0 Å². The van der Waals surface area contributed by atoms with Gasteiger partial charge in [0.05, 0.1) is 0 Å². The van der Waals surface area contributed by atoms with Crippen LogP contribution < -0.4 is 10.1 Å². The maximum Gasteiger partial charge on any atom is 0.174 e. The lowest BCUT2D eigenvalue weighted by Crippen LogP contribution is -2.19. The molecule has 0 amide bonds. The molecule has 1 aromatic rings. The zero-order valence-corrected chi connectivity index (χ0v) is 11.3. The van der Waals surface area contributed by atoms with Gasteiger partial charge in [-0.15, -0.1) is 0 Å². The third-order valence-electron chi connectivity index (χ3n) is 2.91. The topological polar surface area (TPSA) is 45.0 Å². The highest BCUT2D eigenvalue weighted by atomic mass is 16.5. The van der Waals surface area contributed by atoms with E-state index in [0.717, 1.165) is 12.3 Å². The van der Waals surface area contributed by atoms with Gasteiger partial charge in [-0.1, -0.05) is 31.9 Å². The molecule has 0 aliphatic rings. The molecule has 0 aromatic heterocycles. The zero-order chi connectivity index (χ0) is 13.2. The van der Waals surface area contributed by atoms with Crippen molar-refractivity contribution in [1.29, 1.82) is 5.26 Å². The van der Waals surface area contributed by atoms with E-state index in [1.54, 1.807) is 0 Å². The lowest BCUT2D eigenvalue weighted by molar-refractivity contribution is 0.368. The number of benzene rings is 1. The van der Waals surface area contributed by atoms with Crippen LogP contribution >= 0.6 is 0 Å². The highest BCUT2D eigenvalue weighted by Crippen LogP contribution is 2.17. The standard InChI is InChI=1S/C15H22N2O/c1-3-4-5-11-17-13(2)14-6-8-15(9-7-14)18-12-10-16/h6-9,13,17H,3-5,11-12H2,1-2H3. The lowest BCUT2D eigenvalue weighted by Gasteiger charge is -2.14. The quantitative estimate of drug-likeness (QED) is 0.715. The molecule has 0 bridgehead atoms. The largest absolute Gasteiger partial charge is 0.479 e. The SMILES string of the molecule is CCCCCNC(C)c1ccc(OCC#N)cc1. The number of ether oxygens (including phenoxy) is 1. The number of nitriles is 1. The van der Waals surface area contributed by atoms with Crippen LogP contribution in [0.15, 0.2) is 24.3 Å². The summed E-state index contributed by atoms with van der Waals surface area (Å²) in [6.45, 7) is 5.53. The van der Waals surface area contributed by atoms with Gasteiger partial charge in [0.15, 0.2) is 6.61 Å². The van der Waals surface area contributed by atoms with Crippen molar-refractivity contribution in [3.05, 3.63) is 29.8 Å². The van der Waals surface area contributed by atoms with Crippen LogP contribution in [0.2, 0.25) is 0 Å². The number of hydrogen-bond donors (Lipinski definition) is 1. The van der Waals surface area contributed by atoms with Crippen molar-refractivity contribution < 1.29 is 4.74 Å². The Morgan fingerprint density at radius 3 is 2.61 bits per heavy atom. The van der Waals surface area contributed by atoms with Crippen LogP contribution in [0.5, 0.6) is 5.75 Å². The Hall–Kier alpha value is -1.53. The summed E-state index contributed by atoms with van der Waals surface area (Å²) in [5, 5.41) is 11.9. The fourth-order valence-corrected chi connectivity index (χ4v) is 1.78. The fraction of sp³-hybridized carbons (Fsp3) is 0.533. The first-order chi connectivity index (χ1) is 8.77. The van der Waals surface area contributed by atoms with E-state index >= 15 is 0 Å². The van der Waals surface area contributed by atoms with Gasteiger partial charge in [-0.25, -0.2) is 0 Å². The Kier molecular flexibility index (Phi) is 6.90. The van der Waals surface area contributed by atoms with Gasteiger partial charge in [0.1, 0.15) is 11.8 Å². The Morgan fingerprint density at radius 2 is 2.00 bits per heavy atom. The summed E-state index contributed by atoms with van der Waals surface area (Å²) in [5.41, 5.74) is 1.25. The first-order valence-electron chi connectivity index (χ1n) is 6.61. The number of nitrogens with zero attached hydrogens (tertiary/aromatic N) is 1. The normalized spacial score (nSPS) is 11.8. The summed E-state index contributed by atoms with van der Waals surface area (Å²) < 4.78 is 5.22. The second kappa shape index (κ2) is 8.54. The van der Waals surface area contributed by atoms with E-state index in [2.05, 4.69) is 19.2 Å². The van der Waals surface area contributed by atoms with Gasteiger partial charge in [0.25, 0.3) is 0 Å². The predicted molar refractivity (Wildman–Crippen MR) is 73.5 cm³/mol. The summed E-state index contributed by atoms with van der Waals surface area (Å²) >= 11 is 0. The van der Waals surface area contributed by atoms with Crippen LogP contribution in [0.3, 0.4) is 0 Å². The first-order valence-corrected chi connectivity index (χ1v) is 6.61. The van der Waals surface area contributed by atoms with Gasteiger partial charge in [0.2, 0.25) is 0 Å². The molecular weight excluding hydrogens is 224 g/mol. The molecule has 1 aromatic carbocycles. The van der Waals surface area contributed by atoms with Gasteiger partial charge in [-0.05, 0) is 37.6 Å². The van der Waals surface area contributed by atoms with E-state index in [4.69, 9.17) is 10.00 Å². The first kappa shape index (κ1) is 14.5. The summed E-state index contributed by atoms with van der Waals surface area (Å²) in [6.07, 6.45) is 3.76. The van der Waals surface area contributed by atoms with Gasteiger partial charge in [0, 0.05) is 6.04 Å². The molecule has 1 N–H and O–H groups in total. The molecule has 1 rings (SSSR count). The van der Waals surface area contributed by atoms with Crippen LogP contribution in [0.1, 0.15) is 44.7 Å². The lowest BCUT2D eigenvalue weighted by atomic mass is 10.1. The average molecular weight is 246 g/mol. The third kappa shape index (κ3) is 5.20. The van der Waals surface area contributed by atoms with Gasteiger partial charge < -0.3 is 10.1 Å². The van der Waals surface area contributed by atoms with Crippen molar-refractivity contribution in [3.8, 4) is 11.8 Å². The molecule has 1 atom stereocenters. The summed E-state index contributed by atoms with van der Waals surface area (Å²) in [5.74, 6) is 0.749. The van der Waals surface area contributed by atoms with Crippen molar-refractivity contribution >= 4 is 0 Å². The van der Waals surface area contributed by atoms with Gasteiger partial charge in [-0.2, -0.15) is 5.26 Å². The predicted octanol–water partition coefficient (Wildman–Crippen LogP) is 3.43. The van der Waals surface area contributed by atoms with Crippen LogP contribution in [0.4, 0.5) is 0 Å². The third-order valence-corrected chi connectivity index (χ3v) is 2.91. The molecule has 0 fully saturated rings. The van der Waals surface area contributed by atoms with E-state index in [9.17, 15) is 0 Å². The molecule has 3 heteroatoms. The highest BCUT2D eigenvalue weighted by Gasteiger charge is 2.04. The van der Waals surface area contributed by atoms with Crippen LogP contribution in [0.25, 0.3) is 0 Å². The van der Waals surface area contributed by atoms with Crippen molar-refractivity contribution in [2.24, 2.45) is 0 Å². The molecule has 0 saturated heterocycles. The van der Waals surface area contributed by atoms with Crippen LogP contribution in [-0.4, -0.2) is 13.2 Å². The smallest absolute Gasteiger partial charge is 0.174 e. The second-order valence-electron chi connectivity index (χ2n) is 4.40. The molecular formula is C15H22N2O. The molecule has 0 heterocycles. The Morgan fingerprint density at radius 1 is 1.28 bits per heavy atom. The Bertz CT molecular complexity index is 367. The maximum atomic E-state index is 8.43. The van der Waals surface area contributed by atoms with Crippen molar-refractivity contribution in [3.63, 3.8) is 0 Å². The van der Waals surface area contributed by atoms with E-state index in [-0.39, 0.29) is 6.61 Å². The minimum atomic E-state index is 0.101. The Labute approximate surface area is 110 Å². The molecule has 98 valence electrons. The number of rotatable bonds is 8. The summed E-state index contributed by atoms with van der Waals surface area (Å²) in [7, 11) is 0. The van der Waals surface area contributed by atoms with Crippen molar-refractivity contribution in [2.75, 3.05) is 13.2 Å². The second-order valence-corrected chi connectivity index (χ2v) is 4.40. The van der Waals surface area contributed by atoms with E-state index < -0.39 is 0 Å². The minimum absolute atomic E-state index is 0.101. The number of nitrogens with one attached hydrogen (secondary N) is 1. The highest BCUT2D eigenvalue weighted by molar-refractivity contribution is 5.29. The molecule has 0 saturated carbocycles. The molecule has 18 heavy (non-hydrogen) atoms. The summed E-state index contributed by atoms with van der Waals surface area (Å²) in [4.78, 5) is 0. The van der Waals surface area contributed by atoms with Crippen LogP contribution in [0, 0.1) is 11.3 Å². The Balaban J connectivity index is 2.39. The zero-order valence-electron chi connectivity index (χ0n) is 11.3. The minimum Gasteiger partial charge on any atom is -0.479 e.